The number of likely N-dealkylation sites (N-methyl/N-ethyl adjacent to an activating group) is 1. The molecular weight excluding hydrogens is 308 g/mol. The van der Waals surface area contributed by atoms with Crippen LogP contribution in [0.2, 0.25) is 0 Å². The van der Waals surface area contributed by atoms with E-state index in [0.717, 1.165) is 58.9 Å². The molecule has 0 radical (unpaired) electrons. The van der Waals surface area contributed by atoms with E-state index in [-0.39, 0.29) is 6.04 Å². The third-order valence-corrected chi connectivity index (χ3v) is 6.10. The first-order chi connectivity index (χ1) is 11.2. The van der Waals surface area contributed by atoms with Crippen LogP contribution in [0.5, 0.6) is 0 Å². The van der Waals surface area contributed by atoms with Crippen LogP contribution in [0.15, 0.2) is 11.4 Å². The van der Waals surface area contributed by atoms with Gasteiger partial charge in [0.25, 0.3) is 0 Å². The summed E-state index contributed by atoms with van der Waals surface area (Å²) in [4.78, 5) is 21.4. The summed E-state index contributed by atoms with van der Waals surface area (Å²) in [7, 11) is 0. The number of rotatable bonds is 4. The minimum atomic E-state index is -0.0923. The van der Waals surface area contributed by atoms with E-state index in [1.54, 1.807) is 11.3 Å². The largest absolute Gasteiger partial charge is 0.338 e. The van der Waals surface area contributed by atoms with Gasteiger partial charge in [0.1, 0.15) is 6.04 Å². The molecule has 0 bridgehead atoms. The van der Waals surface area contributed by atoms with Crippen molar-refractivity contribution in [3.63, 3.8) is 0 Å². The second kappa shape index (κ2) is 7.75. The molecule has 1 unspecified atom stereocenters. The fraction of sp³-hybridized carbons (Fsp3) is 0.706. The number of nitrogens with zero attached hydrogens (tertiary/aromatic N) is 3. The van der Waals surface area contributed by atoms with Crippen molar-refractivity contribution in [1.29, 1.82) is 0 Å². The monoisotopic (exact) mass is 336 g/mol. The summed E-state index contributed by atoms with van der Waals surface area (Å²) in [5, 5.41) is 5.50. The molecular formula is C17H28N4OS. The summed E-state index contributed by atoms with van der Waals surface area (Å²) in [5.74, 6) is 0.299. The van der Waals surface area contributed by atoms with Crippen LogP contribution in [0.1, 0.15) is 23.4 Å². The van der Waals surface area contributed by atoms with Gasteiger partial charge >= 0.3 is 0 Å². The van der Waals surface area contributed by atoms with Crippen LogP contribution in [-0.4, -0.2) is 79.5 Å². The van der Waals surface area contributed by atoms with Crippen LogP contribution in [0.4, 0.5) is 0 Å². The topological polar surface area (TPSA) is 38.8 Å². The lowest BCUT2D eigenvalue weighted by atomic mass is 10.1. The zero-order valence-corrected chi connectivity index (χ0v) is 15.1. The molecule has 3 rings (SSSR count). The number of thiophene rings is 1. The normalized spacial score (nSPS) is 22.3. The predicted octanol–water partition coefficient (Wildman–Crippen LogP) is 1.17. The van der Waals surface area contributed by atoms with Crippen LogP contribution >= 0.6 is 11.3 Å². The minimum Gasteiger partial charge on any atom is -0.338 e. The zero-order chi connectivity index (χ0) is 16.2. The van der Waals surface area contributed by atoms with Gasteiger partial charge in [-0.2, -0.15) is 0 Å². The van der Waals surface area contributed by atoms with Gasteiger partial charge in [-0.3, -0.25) is 9.69 Å². The molecule has 1 N–H and O–H groups in total. The maximum atomic E-state index is 13.3. The second-order valence-corrected chi connectivity index (χ2v) is 7.36. The van der Waals surface area contributed by atoms with E-state index in [1.807, 2.05) is 0 Å². The van der Waals surface area contributed by atoms with E-state index in [1.165, 1.54) is 10.4 Å². The van der Waals surface area contributed by atoms with Crippen LogP contribution in [0.25, 0.3) is 0 Å². The van der Waals surface area contributed by atoms with Gasteiger partial charge in [0.2, 0.25) is 5.91 Å². The molecule has 2 aliphatic heterocycles. The predicted molar refractivity (Wildman–Crippen MR) is 94.9 cm³/mol. The molecule has 1 atom stereocenters. The Balaban J connectivity index is 1.77. The summed E-state index contributed by atoms with van der Waals surface area (Å²) in [6.45, 7) is 13.0. The van der Waals surface area contributed by atoms with E-state index in [2.05, 4.69) is 45.3 Å². The Morgan fingerprint density at radius 3 is 2.48 bits per heavy atom. The quantitative estimate of drug-likeness (QED) is 0.896. The third kappa shape index (κ3) is 3.76. The lowest BCUT2D eigenvalue weighted by Gasteiger charge is -2.40. The van der Waals surface area contributed by atoms with E-state index in [4.69, 9.17) is 0 Å². The molecule has 6 heteroatoms. The number of piperazine rings is 2. The van der Waals surface area contributed by atoms with Crippen molar-refractivity contribution in [2.75, 3.05) is 58.9 Å². The molecule has 3 heterocycles. The highest BCUT2D eigenvalue weighted by Gasteiger charge is 2.34. The van der Waals surface area contributed by atoms with Crippen LogP contribution in [0.3, 0.4) is 0 Å². The fourth-order valence-electron chi connectivity index (χ4n) is 3.50. The van der Waals surface area contributed by atoms with Crippen molar-refractivity contribution < 1.29 is 4.79 Å². The van der Waals surface area contributed by atoms with Crippen LogP contribution in [0, 0.1) is 6.92 Å². The number of nitrogens with one attached hydrogen (secondary N) is 1. The van der Waals surface area contributed by atoms with E-state index in [0.29, 0.717) is 5.91 Å². The van der Waals surface area contributed by atoms with E-state index < -0.39 is 0 Å². The molecule has 1 aromatic rings. The Hall–Kier alpha value is -0.950. The smallest absolute Gasteiger partial charge is 0.245 e. The van der Waals surface area contributed by atoms with Crippen molar-refractivity contribution in [1.82, 2.24) is 20.0 Å². The molecule has 2 fully saturated rings. The van der Waals surface area contributed by atoms with Crippen molar-refractivity contribution in [3.05, 3.63) is 21.9 Å². The molecule has 0 aliphatic carbocycles. The average Bonchev–Trinajstić information content (AvgIpc) is 3.02. The summed E-state index contributed by atoms with van der Waals surface area (Å²) >= 11 is 1.73. The second-order valence-electron chi connectivity index (χ2n) is 6.42. The van der Waals surface area contributed by atoms with Gasteiger partial charge in [0.15, 0.2) is 0 Å². The van der Waals surface area contributed by atoms with Crippen molar-refractivity contribution >= 4 is 17.2 Å². The SMILES string of the molecule is CCN1CCN(C(=O)C(c2sccc2C)N2CCNCC2)CC1. The van der Waals surface area contributed by atoms with Gasteiger partial charge in [0.05, 0.1) is 0 Å². The molecule has 2 saturated heterocycles. The molecule has 5 nitrogen and oxygen atoms in total. The molecule has 0 aromatic carbocycles. The van der Waals surface area contributed by atoms with Crippen molar-refractivity contribution in [2.24, 2.45) is 0 Å². The number of carbonyl (C=O) groups is 1. The van der Waals surface area contributed by atoms with Crippen molar-refractivity contribution in [3.8, 4) is 0 Å². The van der Waals surface area contributed by atoms with Crippen LogP contribution in [-0.2, 0) is 4.79 Å². The Kier molecular flexibility index (Phi) is 5.69. The third-order valence-electron chi connectivity index (χ3n) is 5.03. The first-order valence-electron chi connectivity index (χ1n) is 8.70. The number of carbonyl (C=O) groups excluding carboxylic acids is 1. The highest BCUT2D eigenvalue weighted by Crippen LogP contribution is 2.31. The molecule has 2 aliphatic rings. The highest BCUT2D eigenvalue weighted by molar-refractivity contribution is 7.10. The fourth-order valence-corrected chi connectivity index (χ4v) is 4.55. The van der Waals surface area contributed by atoms with Gasteiger partial charge in [0, 0.05) is 57.2 Å². The number of aryl methyl sites for hydroxylation is 1. The van der Waals surface area contributed by atoms with Gasteiger partial charge in [-0.15, -0.1) is 11.3 Å². The maximum absolute atomic E-state index is 13.3. The van der Waals surface area contributed by atoms with Crippen LogP contribution < -0.4 is 5.32 Å². The standard InChI is InChI=1S/C17H28N4OS/c1-3-19-9-11-21(12-10-19)17(22)15(16-14(2)4-13-23-16)20-7-5-18-6-8-20/h4,13,15,18H,3,5-12H2,1-2H3. The van der Waals surface area contributed by atoms with E-state index >= 15 is 0 Å². The number of hydrogen-bond donors (Lipinski definition) is 1. The maximum Gasteiger partial charge on any atom is 0.245 e. The van der Waals surface area contributed by atoms with E-state index in [9.17, 15) is 4.79 Å². The number of amides is 1. The van der Waals surface area contributed by atoms with Crippen molar-refractivity contribution in [2.45, 2.75) is 19.9 Å². The molecule has 128 valence electrons. The molecule has 23 heavy (non-hydrogen) atoms. The zero-order valence-electron chi connectivity index (χ0n) is 14.3. The Morgan fingerprint density at radius 2 is 1.91 bits per heavy atom. The number of hydrogen-bond acceptors (Lipinski definition) is 5. The average molecular weight is 337 g/mol. The first kappa shape index (κ1) is 16.9. The Labute approximate surface area is 143 Å². The minimum absolute atomic E-state index is 0.0923. The first-order valence-corrected chi connectivity index (χ1v) is 9.58. The summed E-state index contributed by atoms with van der Waals surface area (Å²) in [6.07, 6.45) is 0. The van der Waals surface area contributed by atoms with Gasteiger partial charge in [-0.1, -0.05) is 6.92 Å². The summed E-state index contributed by atoms with van der Waals surface area (Å²) < 4.78 is 0. The molecule has 0 spiro atoms. The molecule has 0 saturated carbocycles. The lowest BCUT2D eigenvalue weighted by molar-refractivity contribution is -0.139. The highest BCUT2D eigenvalue weighted by atomic mass is 32.1. The summed E-state index contributed by atoms with van der Waals surface area (Å²) in [6, 6.07) is 2.04. The lowest BCUT2D eigenvalue weighted by Crippen LogP contribution is -2.54. The van der Waals surface area contributed by atoms with Gasteiger partial charge in [-0.25, -0.2) is 0 Å². The summed E-state index contributed by atoms with van der Waals surface area (Å²) in [5.41, 5.74) is 1.25. The Bertz CT molecular complexity index is 518. The van der Waals surface area contributed by atoms with Gasteiger partial charge < -0.3 is 15.1 Å². The molecule has 1 amide bonds. The molecule has 1 aromatic heterocycles. The van der Waals surface area contributed by atoms with Gasteiger partial charge in [-0.05, 0) is 30.5 Å². The Morgan fingerprint density at radius 1 is 1.22 bits per heavy atom.